The summed E-state index contributed by atoms with van der Waals surface area (Å²) in [6, 6.07) is 9.43. The molecule has 0 radical (unpaired) electrons. The van der Waals surface area contributed by atoms with Crippen molar-refractivity contribution < 1.29 is 0 Å². The fourth-order valence-electron chi connectivity index (χ4n) is 3.71. The van der Waals surface area contributed by atoms with Gasteiger partial charge < -0.3 is 10.3 Å². The van der Waals surface area contributed by atoms with Gasteiger partial charge in [-0.15, -0.1) is 0 Å². The summed E-state index contributed by atoms with van der Waals surface area (Å²) in [5.41, 5.74) is 4.07. The Morgan fingerprint density at radius 2 is 1.90 bits per heavy atom. The molecule has 1 aromatic carbocycles. The Bertz CT molecular complexity index is 621. The van der Waals surface area contributed by atoms with Crippen LogP contribution in [0.1, 0.15) is 11.3 Å². The number of nitrogens with zero attached hydrogens (tertiary/aromatic N) is 2. The zero-order chi connectivity index (χ0) is 14.2. The molecule has 0 saturated carbocycles. The summed E-state index contributed by atoms with van der Waals surface area (Å²) in [7, 11) is 0. The monoisotopic (exact) mass is 284 g/mol. The molecule has 0 bridgehead atoms. The molecular weight excluding hydrogens is 260 g/mol. The van der Waals surface area contributed by atoms with Crippen molar-refractivity contribution in [1.82, 2.24) is 20.1 Å². The Morgan fingerprint density at radius 3 is 2.71 bits per heavy atom. The quantitative estimate of drug-likeness (QED) is 0.898. The van der Waals surface area contributed by atoms with Crippen molar-refractivity contribution in [2.24, 2.45) is 0 Å². The van der Waals surface area contributed by atoms with Gasteiger partial charge in [0.05, 0.1) is 0 Å². The average molecular weight is 284 g/mol. The molecule has 2 aromatic rings. The third kappa shape index (κ3) is 2.48. The molecule has 0 amide bonds. The first-order valence-electron chi connectivity index (χ1n) is 8.04. The van der Waals surface area contributed by atoms with Crippen LogP contribution in [0.3, 0.4) is 0 Å². The molecule has 4 heteroatoms. The summed E-state index contributed by atoms with van der Waals surface area (Å²) in [5, 5.41) is 4.82. The maximum Gasteiger partial charge on any atom is 0.0459 e. The van der Waals surface area contributed by atoms with Gasteiger partial charge in [-0.1, -0.05) is 18.2 Å². The highest BCUT2D eigenvalue weighted by atomic mass is 15.3. The molecule has 2 saturated heterocycles. The highest BCUT2D eigenvalue weighted by molar-refractivity contribution is 5.84. The summed E-state index contributed by atoms with van der Waals surface area (Å²) in [6.07, 6.45) is 0. The lowest BCUT2D eigenvalue weighted by Gasteiger charge is -2.47. The predicted molar refractivity (Wildman–Crippen MR) is 86.5 cm³/mol. The van der Waals surface area contributed by atoms with Crippen molar-refractivity contribution in [1.29, 1.82) is 0 Å². The molecule has 2 N–H and O–H groups in total. The van der Waals surface area contributed by atoms with E-state index in [1.165, 1.54) is 48.3 Å². The molecule has 112 valence electrons. The van der Waals surface area contributed by atoms with Gasteiger partial charge in [0.1, 0.15) is 0 Å². The second-order valence-corrected chi connectivity index (χ2v) is 6.41. The molecule has 0 spiro atoms. The smallest absolute Gasteiger partial charge is 0.0459 e. The van der Waals surface area contributed by atoms with Gasteiger partial charge in [-0.25, -0.2) is 0 Å². The van der Waals surface area contributed by atoms with Crippen LogP contribution in [0.5, 0.6) is 0 Å². The van der Waals surface area contributed by atoms with Crippen LogP contribution in [0.4, 0.5) is 0 Å². The second kappa shape index (κ2) is 5.44. The minimum absolute atomic E-state index is 0.776. The van der Waals surface area contributed by atoms with E-state index in [-0.39, 0.29) is 0 Å². The Kier molecular flexibility index (Phi) is 3.45. The Labute approximate surface area is 126 Å². The number of para-hydroxylation sites is 1. The fourth-order valence-corrected chi connectivity index (χ4v) is 3.71. The molecule has 0 aliphatic carbocycles. The number of H-pyrrole nitrogens is 1. The third-order valence-electron chi connectivity index (χ3n) is 5.01. The van der Waals surface area contributed by atoms with E-state index in [9.17, 15) is 0 Å². The number of nitrogens with one attached hydrogen (secondary N) is 2. The minimum atomic E-state index is 0.776. The number of likely N-dealkylation sites (tertiary alicyclic amines) is 1. The van der Waals surface area contributed by atoms with Crippen LogP contribution in [0.15, 0.2) is 24.3 Å². The normalized spacial score (nSPS) is 21.8. The minimum Gasteiger partial charge on any atom is -0.358 e. The summed E-state index contributed by atoms with van der Waals surface area (Å²) < 4.78 is 0. The van der Waals surface area contributed by atoms with Crippen LogP contribution in [0, 0.1) is 6.92 Å². The number of benzene rings is 1. The third-order valence-corrected chi connectivity index (χ3v) is 5.01. The van der Waals surface area contributed by atoms with Crippen LogP contribution in [-0.2, 0) is 6.54 Å². The number of rotatable bonds is 3. The van der Waals surface area contributed by atoms with Gasteiger partial charge in [0.25, 0.3) is 0 Å². The van der Waals surface area contributed by atoms with E-state index in [2.05, 4.69) is 51.3 Å². The van der Waals surface area contributed by atoms with Crippen LogP contribution in [0.2, 0.25) is 0 Å². The molecule has 2 aliphatic rings. The highest BCUT2D eigenvalue weighted by Gasteiger charge is 2.32. The lowest BCUT2D eigenvalue weighted by atomic mass is 10.0. The molecule has 0 unspecified atom stereocenters. The lowest BCUT2D eigenvalue weighted by Crippen LogP contribution is -2.62. The maximum absolute atomic E-state index is 3.51. The molecular formula is C17H24N4. The summed E-state index contributed by atoms with van der Waals surface area (Å²) in [4.78, 5) is 8.74. The summed E-state index contributed by atoms with van der Waals surface area (Å²) in [5.74, 6) is 0. The lowest BCUT2D eigenvalue weighted by molar-refractivity contribution is 0.0224. The molecule has 4 nitrogen and oxygen atoms in total. The van der Waals surface area contributed by atoms with E-state index in [1.54, 1.807) is 0 Å². The topological polar surface area (TPSA) is 34.3 Å². The van der Waals surface area contributed by atoms with E-state index in [0.717, 1.165) is 25.7 Å². The van der Waals surface area contributed by atoms with Crippen molar-refractivity contribution in [3.8, 4) is 0 Å². The van der Waals surface area contributed by atoms with Gasteiger partial charge in [0.2, 0.25) is 0 Å². The van der Waals surface area contributed by atoms with Gasteiger partial charge in [-0.05, 0) is 18.6 Å². The average Bonchev–Trinajstić information content (AvgIpc) is 2.79. The molecule has 21 heavy (non-hydrogen) atoms. The Morgan fingerprint density at radius 1 is 1.14 bits per heavy atom. The maximum atomic E-state index is 3.51. The highest BCUT2D eigenvalue weighted by Crippen LogP contribution is 2.26. The van der Waals surface area contributed by atoms with E-state index in [4.69, 9.17) is 0 Å². The SMILES string of the molecule is Cc1[nH]c2ccccc2c1CN1CC(N2CCNCC2)C1. The van der Waals surface area contributed by atoms with Gasteiger partial charge in [0.15, 0.2) is 0 Å². The molecule has 4 rings (SSSR count). The largest absolute Gasteiger partial charge is 0.358 e. The van der Waals surface area contributed by atoms with Gasteiger partial charge >= 0.3 is 0 Å². The zero-order valence-electron chi connectivity index (χ0n) is 12.7. The number of aromatic amines is 1. The van der Waals surface area contributed by atoms with Crippen molar-refractivity contribution in [3.63, 3.8) is 0 Å². The first kappa shape index (κ1) is 13.3. The van der Waals surface area contributed by atoms with Gasteiger partial charge in [-0.2, -0.15) is 0 Å². The van der Waals surface area contributed by atoms with Gasteiger partial charge in [0, 0.05) is 68.5 Å². The van der Waals surface area contributed by atoms with Crippen LogP contribution >= 0.6 is 0 Å². The molecule has 1 aromatic heterocycles. The van der Waals surface area contributed by atoms with Crippen molar-refractivity contribution in [2.75, 3.05) is 39.3 Å². The number of aryl methyl sites for hydroxylation is 1. The first-order valence-corrected chi connectivity index (χ1v) is 8.04. The molecule has 2 fully saturated rings. The number of hydrogen-bond acceptors (Lipinski definition) is 3. The standard InChI is InChI=1S/C17H24N4/c1-13-16(15-4-2-3-5-17(15)19-13)12-20-10-14(11-20)21-8-6-18-7-9-21/h2-5,14,18-19H,6-12H2,1H3. The zero-order valence-corrected chi connectivity index (χ0v) is 12.7. The van der Waals surface area contributed by atoms with Gasteiger partial charge in [-0.3, -0.25) is 9.80 Å². The van der Waals surface area contributed by atoms with Crippen molar-refractivity contribution in [2.45, 2.75) is 19.5 Å². The van der Waals surface area contributed by atoms with Crippen LogP contribution < -0.4 is 5.32 Å². The summed E-state index contributed by atoms with van der Waals surface area (Å²) >= 11 is 0. The second-order valence-electron chi connectivity index (χ2n) is 6.41. The Balaban J connectivity index is 1.42. The van der Waals surface area contributed by atoms with Crippen LogP contribution in [-0.4, -0.2) is 60.1 Å². The molecule has 2 aliphatic heterocycles. The molecule has 0 atom stereocenters. The predicted octanol–water partition coefficient (Wildman–Crippen LogP) is 1.57. The first-order chi connectivity index (χ1) is 10.3. The summed E-state index contributed by atoms with van der Waals surface area (Å²) in [6.45, 7) is 10.4. The van der Waals surface area contributed by atoms with E-state index in [0.29, 0.717) is 0 Å². The number of piperazine rings is 1. The van der Waals surface area contributed by atoms with E-state index < -0.39 is 0 Å². The molecule has 3 heterocycles. The number of hydrogen-bond donors (Lipinski definition) is 2. The van der Waals surface area contributed by atoms with E-state index >= 15 is 0 Å². The fraction of sp³-hybridized carbons (Fsp3) is 0.529. The Hall–Kier alpha value is -1.36. The van der Waals surface area contributed by atoms with E-state index in [1.807, 2.05) is 0 Å². The van der Waals surface area contributed by atoms with Crippen molar-refractivity contribution >= 4 is 10.9 Å². The van der Waals surface area contributed by atoms with Crippen molar-refractivity contribution in [3.05, 3.63) is 35.5 Å². The number of aromatic nitrogens is 1. The van der Waals surface area contributed by atoms with Crippen LogP contribution in [0.25, 0.3) is 10.9 Å². The number of fused-ring (bicyclic) bond motifs is 1.